The van der Waals surface area contributed by atoms with Gasteiger partial charge in [0.1, 0.15) is 11.6 Å². The molecule has 152 valence electrons. The molecule has 0 aliphatic carbocycles. The first-order chi connectivity index (χ1) is 14.1. The summed E-state index contributed by atoms with van der Waals surface area (Å²) in [5.41, 5.74) is 5.93. The van der Waals surface area contributed by atoms with Gasteiger partial charge in [-0.15, -0.1) is 0 Å². The van der Waals surface area contributed by atoms with Crippen molar-refractivity contribution in [2.75, 3.05) is 6.61 Å². The molecule has 3 nitrogen and oxygen atoms in total. The standard InChI is InChI=1S/C26H32N2O/c1-5-7-17-29-23-12-9-22(10-13-23)11-15-26-27-25(19-28(26)16-6-2)24-14-8-20(3)18-21(24)4/h8-15,18-19H,5-7,16-17H2,1-4H3/b15-11+. The molecule has 1 aromatic heterocycles. The first-order valence-electron chi connectivity index (χ1n) is 10.7. The Balaban J connectivity index is 1.79. The summed E-state index contributed by atoms with van der Waals surface area (Å²) in [5.74, 6) is 1.92. The molecule has 0 aliphatic heterocycles. The fourth-order valence-corrected chi connectivity index (χ4v) is 3.39. The summed E-state index contributed by atoms with van der Waals surface area (Å²) in [4.78, 5) is 4.92. The van der Waals surface area contributed by atoms with E-state index in [-0.39, 0.29) is 0 Å². The minimum Gasteiger partial charge on any atom is -0.494 e. The molecule has 0 amide bonds. The third-order valence-electron chi connectivity index (χ3n) is 5.00. The van der Waals surface area contributed by atoms with E-state index in [1.807, 2.05) is 12.1 Å². The number of aromatic nitrogens is 2. The van der Waals surface area contributed by atoms with Gasteiger partial charge in [0.15, 0.2) is 0 Å². The van der Waals surface area contributed by atoms with E-state index in [0.29, 0.717) is 0 Å². The van der Waals surface area contributed by atoms with Gasteiger partial charge in [-0.3, -0.25) is 0 Å². The van der Waals surface area contributed by atoms with Crippen molar-refractivity contribution in [3.8, 4) is 17.0 Å². The molecule has 2 aromatic carbocycles. The largest absolute Gasteiger partial charge is 0.494 e. The lowest BCUT2D eigenvalue weighted by atomic mass is 10.0. The Morgan fingerprint density at radius 3 is 2.45 bits per heavy atom. The molecule has 3 aromatic rings. The monoisotopic (exact) mass is 388 g/mol. The number of hydrogen-bond acceptors (Lipinski definition) is 2. The molecule has 0 N–H and O–H groups in total. The van der Waals surface area contributed by atoms with Gasteiger partial charge in [0.25, 0.3) is 0 Å². The number of benzene rings is 2. The fourth-order valence-electron chi connectivity index (χ4n) is 3.39. The molecular formula is C26H32N2O. The zero-order chi connectivity index (χ0) is 20.6. The minimum absolute atomic E-state index is 0.779. The highest BCUT2D eigenvalue weighted by Crippen LogP contribution is 2.25. The van der Waals surface area contributed by atoms with Crippen molar-refractivity contribution < 1.29 is 4.74 Å². The molecule has 0 aliphatic rings. The number of unbranched alkanes of at least 4 members (excludes halogenated alkanes) is 1. The van der Waals surface area contributed by atoms with Gasteiger partial charge in [0, 0.05) is 18.3 Å². The Hall–Kier alpha value is -2.81. The maximum absolute atomic E-state index is 5.75. The van der Waals surface area contributed by atoms with E-state index in [0.717, 1.165) is 55.2 Å². The number of aryl methyl sites for hydroxylation is 3. The zero-order valence-corrected chi connectivity index (χ0v) is 18.1. The van der Waals surface area contributed by atoms with Crippen LogP contribution in [0, 0.1) is 13.8 Å². The van der Waals surface area contributed by atoms with Crippen LogP contribution in [0.25, 0.3) is 23.4 Å². The maximum Gasteiger partial charge on any atom is 0.133 e. The first kappa shape index (κ1) is 20.9. The highest BCUT2D eigenvalue weighted by molar-refractivity contribution is 5.70. The van der Waals surface area contributed by atoms with Crippen LogP contribution in [0.2, 0.25) is 0 Å². The van der Waals surface area contributed by atoms with Gasteiger partial charge in [0.05, 0.1) is 12.3 Å². The van der Waals surface area contributed by atoms with Crippen molar-refractivity contribution in [3.05, 3.63) is 71.2 Å². The molecule has 3 rings (SSSR count). The molecule has 3 heteroatoms. The van der Waals surface area contributed by atoms with Gasteiger partial charge in [-0.1, -0.05) is 62.2 Å². The Bertz CT molecular complexity index is 951. The second-order valence-corrected chi connectivity index (χ2v) is 7.60. The summed E-state index contributed by atoms with van der Waals surface area (Å²) in [5, 5.41) is 0. The summed E-state index contributed by atoms with van der Waals surface area (Å²) in [6.07, 6.45) is 9.71. The third kappa shape index (κ3) is 5.60. The Morgan fingerprint density at radius 2 is 1.76 bits per heavy atom. The number of nitrogens with zero attached hydrogens (tertiary/aromatic N) is 2. The average molecular weight is 389 g/mol. The topological polar surface area (TPSA) is 27.1 Å². The number of hydrogen-bond donors (Lipinski definition) is 0. The minimum atomic E-state index is 0.779. The van der Waals surface area contributed by atoms with Gasteiger partial charge >= 0.3 is 0 Å². The van der Waals surface area contributed by atoms with Gasteiger partial charge in [-0.2, -0.15) is 0 Å². The van der Waals surface area contributed by atoms with E-state index < -0.39 is 0 Å². The predicted octanol–water partition coefficient (Wildman–Crippen LogP) is 6.93. The van der Waals surface area contributed by atoms with Gasteiger partial charge in [-0.25, -0.2) is 4.98 Å². The summed E-state index contributed by atoms with van der Waals surface area (Å²) in [7, 11) is 0. The van der Waals surface area contributed by atoms with Crippen LogP contribution in [0.3, 0.4) is 0 Å². The van der Waals surface area contributed by atoms with Gasteiger partial charge < -0.3 is 9.30 Å². The highest BCUT2D eigenvalue weighted by Gasteiger charge is 2.09. The van der Waals surface area contributed by atoms with Crippen molar-refractivity contribution >= 4 is 12.2 Å². The lowest BCUT2D eigenvalue weighted by Crippen LogP contribution is -1.97. The second-order valence-electron chi connectivity index (χ2n) is 7.60. The van der Waals surface area contributed by atoms with Crippen LogP contribution >= 0.6 is 0 Å². The van der Waals surface area contributed by atoms with Crippen LogP contribution in [0.4, 0.5) is 0 Å². The van der Waals surface area contributed by atoms with Crippen LogP contribution in [0.1, 0.15) is 55.6 Å². The molecule has 0 unspecified atom stereocenters. The number of rotatable bonds is 9. The predicted molar refractivity (Wildman–Crippen MR) is 123 cm³/mol. The molecule has 0 fully saturated rings. The summed E-state index contributed by atoms with van der Waals surface area (Å²) in [6.45, 7) is 10.4. The van der Waals surface area contributed by atoms with E-state index in [4.69, 9.17) is 9.72 Å². The fraction of sp³-hybridized carbons (Fsp3) is 0.346. The van der Waals surface area contributed by atoms with E-state index in [1.54, 1.807) is 0 Å². The van der Waals surface area contributed by atoms with Crippen LogP contribution in [0.5, 0.6) is 5.75 Å². The Labute approximate surface area is 175 Å². The van der Waals surface area contributed by atoms with Crippen molar-refractivity contribution in [3.63, 3.8) is 0 Å². The first-order valence-corrected chi connectivity index (χ1v) is 10.7. The van der Waals surface area contributed by atoms with Crippen LogP contribution in [-0.2, 0) is 6.54 Å². The van der Waals surface area contributed by atoms with Gasteiger partial charge in [-0.05, 0) is 56.0 Å². The molecule has 0 saturated heterocycles. The SMILES string of the molecule is CCCCOc1ccc(/C=C/c2nc(-c3ccc(C)cc3C)cn2CCC)cc1. The molecule has 1 heterocycles. The second kappa shape index (κ2) is 10.1. The smallest absolute Gasteiger partial charge is 0.133 e. The summed E-state index contributed by atoms with van der Waals surface area (Å²) < 4.78 is 7.99. The lowest BCUT2D eigenvalue weighted by molar-refractivity contribution is 0.309. The Kier molecular flexibility index (Phi) is 7.29. The molecule has 0 spiro atoms. The number of imidazole rings is 1. The van der Waals surface area contributed by atoms with E-state index in [9.17, 15) is 0 Å². The summed E-state index contributed by atoms with van der Waals surface area (Å²) in [6, 6.07) is 14.8. The summed E-state index contributed by atoms with van der Waals surface area (Å²) >= 11 is 0. The van der Waals surface area contributed by atoms with E-state index >= 15 is 0 Å². The normalized spacial score (nSPS) is 11.3. The van der Waals surface area contributed by atoms with Crippen molar-refractivity contribution in [1.29, 1.82) is 0 Å². The third-order valence-corrected chi connectivity index (χ3v) is 5.00. The highest BCUT2D eigenvalue weighted by atomic mass is 16.5. The van der Waals surface area contributed by atoms with E-state index in [2.05, 4.69) is 80.9 Å². The lowest BCUT2D eigenvalue weighted by Gasteiger charge is -2.05. The molecule has 29 heavy (non-hydrogen) atoms. The Morgan fingerprint density at radius 1 is 0.966 bits per heavy atom. The quantitative estimate of drug-likeness (QED) is 0.372. The average Bonchev–Trinajstić information content (AvgIpc) is 3.10. The molecular weight excluding hydrogens is 356 g/mol. The molecule has 0 atom stereocenters. The van der Waals surface area contributed by atoms with E-state index in [1.165, 1.54) is 16.7 Å². The maximum atomic E-state index is 5.75. The van der Waals surface area contributed by atoms with Crippen molar-refractivity contribution in [1.82, 2.24) is 9.55 Å². The van der Waals surface area contributed by atoms with Crippen molar-refractivity contribution in [2.24, 2.45) is 0 Å². The molecule has 0 saturated carbocycles. The molecule has 0 bridgehead atoms. The van der Waals surface area contributed by atoms with Crippen molar-refractivity contribution in [2.45, 2.75) is 53.5 Å². The number of ether oxygens (including phenoxy) is 1. The van der Waals surface area contributed by atoms with Crippen LogP contribution < -0.4 is 4.74 Å². The van der Waals surface area contributed by atoms with Crippen LogP contribution in [0.15, 0.2) is 48.7 Å². The zero-order valence-electron chi connectivity index (χ0n) is 18.1. The molecule has 0 radical (unpaired) electrons. The van der Waals surface area contributed by atoms with Gasteiger partial charge in [0.2, 0.25) is 0 Å². The van der Waals surface area contributed by atoms with Crippen LogP contribution in [-0.4, -0.2) is 16.2 Å².